The van der Waals surface area contributed by atoms with Gasteiger partial charge >= 0.3 is 0 Å². The zero-order valence-corrected chi connectivity index (χ0v) is 7.23. The van der Waals surface area contributed by atoms with Crippen molar-refractivity contribution in [1.29, 1.82) is 5.26 Å². The Balaban J connectivity index is 3.31. The van der Waals surface area contributed by atoms with Crippen LogP contribution in [0.1, 0.15) is 15.9 Å². The standard InChI is InChI=1S/C10H6N2O2/c1-7(12-14)8-4-2-3-5-9(8)10(13)6-11/h2-5H,1H2. The number of Topliss-reactive ketones (excluding diaryl/α,β-unsaturated/α-hetero) is 1. The monoisotopic (exact) mass is 186 g/mol. The minimum atomic E-state index is -0.703. The first kappa shape index (κ1) is 9.81. The van der Waals surface area contributed by atoms with Crippen LogP contribution in [-0.4, -0.2) is 5.78 Å². The third kappa shape index (κ3) is 1.72. The molecule has 0 fully saturated rings. The van der Waals surface area contributed by atoms with Gasteiger partial charge in [-0.15, -0.1) is 4.91 Å². The summed E-state index contributed by atoms with van der Waals surface area (Å²) in [6.45, 7) is 3.38. The van der Waals surface area contributed by atoms with E-state index in [1.54, 1.807) is 12.1 Å². The van der Waals surface area contributed by atoms with Gasteiger partial charge in [-0.3, -0.25) is 4.79 Å². The molecule has 0 aliphatic heterocycles. The van der Waals surface area contributed by atoms with Crippen LogP contribution in [0.4, 0.5) is 0 Å². The molecular formula is C10H6N2O2. The average Bonchev–Trinajstić information content (AvgIpc) is 2.27. The van der Waals surface area contributed by atoms with Crippen LogP contribution < -0.4 is 0 Å². The number of hydrogen-bond donors (Lipinski definition) is 0. The van der Waals surface area contributed by atoms with E-state index in [9.17, 15) is 9.70 Å². The Morgan fingerprint density at radius 3 is 2.43 bits per heavy atom. The highest BCUT2D eigenvalue weighted by molar-refractivity contribution is 6.10. The second kappa shape index (κ2) is 4.10. The van der Waals surface area contributed by atoms with Crippen molar-refractivity contribution in [1.82, 2.24) is 0 Å². The van der Waals surface area contributed by atoms with Crippen LogP contribution >= 0.6 is 0 Å². The fourth-order valence-corrected chi connectivity index (χ4v) is 1.04. The lowest BCUT2D eigenvalue weighted by Gasteiger charge is -2.01. The van der Waals surface area contributed by atoms with E-state index in [-0.39, 0.29) is 11.3 Å². The molecule has 0 atom stereocenters. The van der Waals surface area contributed by atoms with Gasteiger partial charge in [0.1, 0.15) is 11.8 Å². The van der Waals surface area contributed by atoms with E-state index >= 15 is 0 Å². The molecule has 1 aromatic carbocycles. The number of carbonyl (C=O) groups excluding carboxylic acids is 1. The highest BCUT2D eigenvalue weighted by Crippen LogP contribution is 2.18. The third-order valence-corrected chi connectivity index (χ3v) is 1.69. The maximum atomic E-state index is 11.1. The normalized spacial score (nSPS) is 8.79. The molecule has 4 heteroatoms. The van der Waals surface area contributed by atoms with Crippen molar-refractivity contribution in [2.45, 2.75) is 0 Å². The zero-order chi connectivity index (χ0) is 10.6. The van der Waals surface area contributed by atoms with Crippen LogP contribution in [0.15, 0.2) is 36.0 Å². The lowest BCUT2D eigenvalue weighted by molar-refractivity contribution is 0.105. The quantitative estimate of drug-likeness (QED) is 0.412. The maximum absolute atomic E-state index is 11.1. The van der Waals surface area contributed by atoms with Crippen LogP contribution in [-0.2, 0) is 0 Å². The fraction of sp³-hybridized carbons (Fsp3) is 0. The largest absolute Gasteiger partial charge is 0.277 e. The summed E-state index contributed by atoms with van der Waals surface area (Å²) in [5.41, 5.74) is 0.401. The Morgan fingerprint density at radius 2 is 1.93 bits per heavy atom. The first-order valence-electron chi connectivity index (χ1n) is 3.76. The number of nitrogens with zero attached hydrogens (tertiary/aromatic N) is 2. The van der Waals surface area contributed by atoms with Crippen molar-refractivity contribution in [2.75, 3.05) is 0 Å². The van der Waals surface area contributed by atoms with E-state index in [1.165, 1.54) is 18.2 Å². The van der Waals surface area contributed by atoms with Crippen molar-refractivity contribution in [3.63, 3.8) is 0 Å². The third-order valence-electron chi connectivity index (χ3n) is 1.69. The topological polar surface area (TPSA) is 70.3 Å². The van der Waals surface area contributed by atoms with Gasteiger partial charge in [0.15, 0.2) is 0 Å². The molecule has 0 radical (unpaired) electrons. The summed E-state index contributed by atoms with van der Waals surface area (Å²) in [4.78, 5) is 21.3. The van der Waals surface area contributed by atoms with Crippen molar-refractivity contribution < 1.29 is 4.79 Å². The minimum absolute atomic E-state index is 0.0517. The molecule has 14 heavy (non-hydrogen) atoms. The first-order valence-corrected chi connectivity index (χ1v) is 3.76. The summed E-state index contributed by atoms with van der Waals surface area (Å²) in [6, 6.07) is 7.70. The average molecular weight is 186 g/mol. The molecule has 68 valence electrons. The number of nitroso groups, excluding NO2 is 1. The molecule has 0 amide bonds. The minimum Gasteiger partial charge on any atom is -0.277 e. The molecule has 1 rings (SSSR count). The maximum Gasteiger partial charge on any atom is 0.262 e. The van der Waals surface area contributed by atoms with E-state index in [0.29, 0.717) is 5.56 Å². The predicted octanol–water partition coefficient (Wildman–Crippen LogP) is 2.13. The van der Waals surface area contributed by atoms with Gasteiger partial charge in [0.05, 0.1) is 0 Å². The smallest absolute Gasteiger partial charge is 0.262 e. The van der Waals surface area contributed by atoms with Crippen molar-refractivity contribution in [3.05, 3.63) is 46.9 Å². The summed E-state index contributed by atoms with van der Waals surface area (Å²) in [5, 5.41) is 11.1. The molecule has 0 aliphatic carbocycles. The summed E-state index contributed by atoms with van der Waals surface area (Å²) in [5.74, 6) is -0.703. The summed E-state index contributed by atoms with van der Waals surface area (Å²) in [6.07, 6.45) is 0. The zero-order valence-electron chi connectivity index (χ0n) is 7.23. The molecule has 0 saturated carbocycles. The van der Waals surface area contributed by atoms with Gasteiger partial charge in [0, 0.05) is 11.1 Å². The SMILES string of the molecule is C=C(N=O)c1ccccc1C(=O)C#N. The highest BCUT2D eigenvalue weighted by Gasteiger charge is 2.12. The molecule has 0 aromatic heterocycles. The molecule has 0 spiro atoms. The molecule has 0 heterocycles. The number of benzene rings is 1. The number of rotatable bonds is 3. The van der Waals surface area contributed by atoms with E-state index in [1.807, 2.05) is 0 Å². The van der Waals surface area contributed by atoms with Gasteiger partial charge in [0.2, 0.25) is 0 Å². The number of carbonyl (C=O) groups is 1. The molecule has 0 saturated heterocycles. The Labute approximate surface area is 80.5 Å². The second-order valence-electron chi connectivity index (χ2n) is 2.52. The summed E-state index contributed by atoms with van der Waals surface area (Å²) >= 11 is 0. The molecule has 0 aliphatic rings. The number of nitriles is 1. The van der Waals surface area contributed by atoms with Gasteiger partial charge in [-0.05, 0) is 11.2 Å². The van der Waals surface area contributed by atoms with E-state index in [4.69, 9.17) is 5.26 Å². The van der Waals surface area contributed by atoms with Crippen molar-refractivity contribution in [3.8, 4) is 6.07 Å². The molecule has 4 nitrogen and oxygen atoms in total. The van der Waals surface area contributed by atoms with Gasteiger partial charge in [-0.2, -0.15) is 5.26 Å². The Bertz CT molecular complexity index is 444. The van der Waals surface area contributed by atoms with Gasteiger partial charge < -0.3 is 0 Å². The van der Waals surface area contributed by atoms with Crippen LogP contribution in [0.5, 0.6) is 0 Å². The predicted molar refractivity (Wildman–Crippen MR) is 51.2 cm³/mol. The Morgan fingerprint density at radius 1 is 1.36 bits per heavy atom. The molecule has 0 bridgehead atoms. The van der Waals surface area contributed by atoms with Crippen LogP contribution in [0.2, 0.25) is 0 Å². The fourth-order valence-electron chi connectivity index (χ4n) is 1.04. The van der Waals surface area contributed by atoms with Crippen molar-refractivity contribution in [2.24, 2.45) is 5.18 Å². The second-order valence-corrected chi connectivity index (χ2v) is 2.52. The number of ketones is 1. The van der Waals surface area contributed by atoms with Gasteiger partial charge in [0.25, 0.3) is 5.78 Å². The Kier molecular flexibility index (Phi) is 2.87. The molecule has 0 N–H and O–H groups in total. The summed E-state index contributed by atoms with van der Waals surface area (Å²) in [7, 11) is 0. The van der Waals surface area contributed by atoms with Gasteiger partial charge in [-0.25, -0.2) is 0 Å². The Hall–Kier alpha value is -2.28. The van der Waals surface area contributed by atoms with Crippen molar-refractivity contribution >= 4 is 11.5 Å². The van der Waals surface area contributed by atoms with Gasteiger partial charge in [-0.1, -0.05) is 24.8 Å². The number of hydrogen-bond acceptors (Lipinski definition) is 4. The first-order chi connectivity index (χ1) is 6.70. The molecule has 1 aromatic rings. The lowest BCUT2D eigenvalue weighted by atomic mass is 10.0. The van der Waals surface area contributed by atoms with Crippen LogP contribution in [0.3, 0.4) is 0 Å². The molecular weight excluding hydrogens is 180 g/mol. The summed E-state index contributed by atoms with van der Waals surface area (Å²) < 4.78 is 0. The van der Waals surface area contributed by atoms with Crippen LogP contribution in [0.25, 0.3) is 5.70 Å². The van der Waals surface area contributed by atoms with E-state index < -0.39 is 5.78 Å². The van der Waals surface area contributed by atoms with E-state index in [2.05, 4.69) is 11.8 Å². The van der Waals surface area contributed by atoms with E-state index in [0.717, 1.165) is 0 Å². The lowest BCUT2D eigenvalue weighted by Crippen LogP contribution is -1.99. The van der Waals surface area contributed by atoms with Crippen LogP contribution in [0, 0.1) is 16.2 Å². The highest BCUT2D eigenvalue weighted by atomic mass is 16.3. The molecule has 0 unspecified atom stereocenters.